The molecule has 2 rings (SSSR count). The summed E-state index contributed by atoms with van der Waals surface area (Å²) in [5.74, 6) is 0.677. The lowest BCUT2D eigenvalue weighted by atomic mass is 10.1. The van der Waals surface area contributed by atoms with Crippen LogP contribution < -0.4 is 5.32 Å². The number of hydrogen-bond acceptors (Lipinski definition) is 4. The molecule has 0 aromatic heterocycles. The first-order valence-electron chi connectivity index (χ1n) is 8.94. The summed E-state index contributed by atoms with van der Waals surface area (Å²) in [5.41, 5.74) is 1.08. The Kier molecular flexibility index (Phi) is 7.78. The summed E-state index contributed by atoms with van der Waals surface area (Å²) in [6.45, 7) is 3.46. The van der Waals surface area contributed by atoms with Gasteiger partial charge in [-0.15, -0.1) is 11.8 Å². The molecule has 1 fully saturated rings. The van der Waals surface area contributed by atoms with Gasteiger partial charge < -0.3 is 15.1 Å². The lowest BCUT2D eigenvalue weighted by molar-refractivity contribution is -0.140. The predicted molar refractivity (Wildman–Crippen MR) is 103 cm³/mol. The SMILES string of the molecule is CCCCC(=O)N1C(C(=O)NCCN(C)C)CSC1c1ccccc1. The molecule has 2 amide bonds. The van der Waals surface area contributed by atoms with Crippen molar-refractivity contribution in [3.05, 3.63) is 35.9 Å². The minimum absolute atomic E-state index is 0.0439. The van der Waals surface area contributed by atoms with E-state index >= 15 is 0 Å². The summed E-state index contributed by atoms with van der Waals surface area (Å²) in [4.78, 5) is 29.3. The number of rotatable bonds is 8. The number of thioether (sulfide) groups is 1. The number of carbonyl (C=O) groups is 2. The third-order valence-electron chi connectivity index (χ3n) is 4.28. The molecular weight excluding hydrogens is 334 g/mol. The summed E-state index contributed by atoms with van der Waals surface area (Å²) in [6.07, 6.45) is 2.33. The van der Waals surface area contributed by atoms with Gasteiger partial charge in [0, 0.05) is 25.3 Å². The van der Waals surface area contributed by atoms with Gasteiger partial charge in [0.05, 0.1) is 0 Å². The van der Waals surface area contributed by atoms with Crippen LogP contribution in [-0.4, -0.2) is 60.6 Å². The van der Waals surface area contributed by atoms with E-state index in [9.17, 15) is 9.59 Å². The minimum atomic E-state index is -0.387. The smallest absolute Gasteiger partial charge is 0.243 e. The van der Waals surface area contributed by atoms with Crippen LogP contribution in [0.25, 0.3) is 0 Å². The monoisotopic (exact) mass is 363 g/mol. The Labute approximate surface area is 155 Å². The Hall–Kier alpha value is -1.53. The van der Waals surface area contributed by atoms with Gasteiger partial charge in [-0.25, -0.2) is 0 Å². The van der Waals surface area contributed by atoms with Crippen LogP contribution in [0.1, 0.15) is 37.1 Å². The third-order valence-corrected chi connectivity index (χ3v) is 5.60. The zero-order valence-corrected chi connectivity index (χ0v) is 16.2. The second kappa shape index (κ2) is 9.82. The highest BCUT2D eigenvalue weighted by atomic mass is 32.2. The maximum atomic E-state index is 12.8. The van der Waals surface area contributed by atoms with Gasteiger partial charge in [0.25, 0.3) is 0 Å². The fraction of sp³-hybridized carbons (Fsp3) is 0.579. The fourth-order valence-corrected chi connectivity index (χ4v) is 4.32. The van der Waals surface area contributed by atoms with Crippen molar-refractivity contribution < 1.29 is 9.59 Å². The van der Waals surface area contributed by atoms with Crippen molar-refractivity contribution in [1.82, 2.24) is 15.1 Å². The largest absolute Gasteiger partial charge is 0.353 e. The van der Waals surface area contributed by atoms with Crippen molar-refractivity contribution in [2.45, 2.75) is 37.6 Å². The number of nitrogens with one attached hydrogen (secondary N) is 1. The quantitative estimate of drug-likeness (QED) is 0.771. The first-order chi connectivity index (χ1) is 12.0. The van der Waals surface area contributed by atoms with Gasteiger partial charge in [0.2, 0.25) is 11.8 Å². The fourth-order valence-electron chi connectivity index (χ4n) is 2.87. The average molecular weight is 364 g/mol. The van der Waals surface area contributed by atoms with Crippen LogP contribution in [0, 0.1) is 0 Å². The summed E-state index contributed by atoms with van der Waals surface area (Å²) in [7, 11) is 3.95. The Bertz CT molecular complexity index is 565. The van der Waals surface area contributed by atoms with Crippen molar-refractivity contribution in [3.8, 4) is 0 Å². The summed E-state index contributed by atoms with van der Waals surface area (Å²) >= 11 is 1.68. The minimum Gasteiger partial charge on any atom is -0.353 e. The van der Waals surface area contributed by atoms with Gasteiger partial charge in [-0.05, 0) is 26.1 Å². The molecule has 2 unspecified atom stereocenters. The Morgan fingerprint density at radius 1 is 1.28 bits per heavy atom. The first kappa shape index (κ1) is 19.8. The standard InChI is InChI=1S/C19H29N3O2S/c1-4-5-11-17(23)22-16(18(24)20-12-13-21(2)3)14-25-19(22)15-9-7-6-8-10-15/h6-10,16,19H,4-5,11-14H2,1-3H3,(H,20,24). The highest BCUT2D eigenvalue weighted by Crippen LogP contribution is 2.41. The van der Waals surface area contributed by atoms with Crippen LogP contribution in [0.2, 0.25) is 0 Å². The molecule has 1 N–H and O–H groups in total. The highest BCUT2D eigenvalue weighted by molar-refractivity contribution is 7.99. The molecule has 1 heterocycles. The van der Waals surface area contributed by atoms with E-state index in [-0.39, 0.29) is 23.2 Å². The van der Waals surface area contributed by atoms with Gasteiger partial charge >= 0.3 is 0 Å². The number of amides is 2. The van der Waals surface area contributed by atoms with Crippen molar-refractivity contribution in [3.63, 3.8) is 0 Å². The van der Waals surface area contributed by atoms with Gasteiger partial charge in [-0.3, -0.25) is 9.59 Å². The molecule has 0 spiro atoms. The predicted octanol–water partition coefficient (Wildman–Crippen LogP) is 2.50. The van der Waals surface area contributed by atoms with Crippen LogP contribution >= 0.6 is 11.8 Å². The first-order valence-corrected chi connectivity index (χ1v) is 9.99. The molecule has 5 nitrogen and oxygen atoms in total. The number of likely N-dealkylation sites (N-methyl/N-ethyl adjacent to an activating group) is 1. The Balaban J connectivity index is 2.12. The normalized spacial score (nSPS) is 20.1. The van der Waals surface area contributed by atoms with E-state index < -0.39 is 0 Å². The number of benzene rings is 1. The molecule has 1 aromatic carbocycles. The summed E-state index contributed by atoms with van der Waals surface area (Å²) in [5, 5.41) is 2.91. The van der Waals surface area contributed by atoms with Crippen LogP contribution in [0.5, 0.6) is 0 Å². The van der Waals surface area contributed by atoms with Crippen molar-refractivity contribution >= 4 is 23.6 Å². The van der Waals surface area contributed by atoms with Crippen LogP contribution in [-0.2, 0) is 9.59 Å². The Morgan fingerprint density at radius 3 is 2.64 bits per heavy atom. The van der Waals surface area contributed by atoms with E-state index in [1.165, 1.54) is 0 Å². The van der Waals surface area contributed by atoms with E-state index in [1.54, 1.807) is 16.7 Å². The molecule has 0 saturated carbocycles. The molecule has 0 radical (unpaired) electrons. The second-order valence-electron chi connectivity index (χ2n) is 6.61. The average Bonchev–Trinajstić information content (AvgIpc) is 3.05. The van der Waals surface area contributed by atoms with E-state index in [0.29, 0.717) is 18.7 Å². The van der Waals surface area contributed by atoms with Gasteiger partial charge in [0.1, 0.15) is 11.4 Å². The van der Waals surface area contributed by atoms with Crippen molar-refractivity contribution in [2.24, 2.45) is 0 Å². The van der Waals surface area contributed by atoms with E-state index in [0.717, 1.165) is 24.9 Å². The molecule has 138 valence electrons. The molecule has 1 aliphatic rings. The maximum absolute atomic E-state index is 12.8. The number of nitrogens with zero attached hydrogens (tertiary/aromatic N) is 2. The topological polar surface area (TPSA) is 52.7 Å². The molecule has 25 heavy (non-hydrogen) atoms. The van der Waals surface area contributed by atoms with Crippen molar-refractivity contribution in [1.29, 1.82) is 0 Å². The number of hydrogen-bond donors (Lipinski definition) is 1. The molecule has 1 aromatic rings. The lowest BCUT2D eigenvalue weighted by Gasteiger charge is -2.29. The molecule has 0 bridgehead atoms. The zero-order chi connectivity index (χ0) is 18.2. The van der Waals surface area contributed by atoms with Gasteiger partial charge in [-0.1, -0.05) is 43.7 Å². The molecule has 6 heteroatoms. The van der Waals surface area contributed by atoms with Crippen LogP contribution in [0.4, 0.5) is 0 Å². The second-order valence-corrected chi connectivity index (χ2v) is 7.72. The van der Waals surface area contributed by atoms with Gasteiger partial charge in [0.15, 0.2) is 0 Å². The van der Waals surface area contributed by atoms with Crippen LogP contribution in [0.3, 0.4) is 0 Å². The molecular formula is C19H29N3O2S. The highest BCUT2D eigenvalue weighted by Gasteiger charge is 2.41. The molecule has 2 atom stereocenters. The lowest BCUT2D eigenvalue weighted by Crippen LogP contribution is -2.48. The van der Waals surface area contributed by atoms with Gasteiger partial charge in [-0.2, -0.15) is 0 Å². The number of carbonyl (C=O) groups excluding carboxylic acids is 2. The van der Waals surface area contributed by atoms with E-state index in [4.69, 9.17) is 0 Å². The third kappa shape index (κ3) is 5.47. The summed E-state index contributed by atoms with van der Waals surface area (Å²) < 4.78 is 0. The Morgan fingerprint density at radius 2 is 2.00 bits per heavy atom. The molecule has 1 saturated heterocycles. The maximum Gasteiger partial charge on any atom is 0.243 e. The van der Waals surface area contributed by atoms with E-state index in [1.807, 2.05) is 49.3 Å². The van der Waals surface area contributed by atoms with E-state index in [2.05, 4.69) is 12.2 Å². The zero-order valence-electron chi connectivity index (χ0n) is 15.4. The number of unbranched alkanes of at least 4 members (excludes halogenated alkanes) is 1. The molecule has 1 aliphatic heterocycles. The van der Waals surface area contributed by atoms with Crippen LogP contribution in [0.15, 0.2) is 30.3 Å². The van der Waals surface area contributed by atoms with Crippen molar-refractivity contribution in [2.75, 3.05) is 32.9 Å². The molecule has 0 aliphatic carbocycles. The summed E-state index contributed by atoms with van der Waals surface area (Å²) in [6, 6.07) is 9.61.